The zero-order valence-electron chi connectivity index (χ0n) is 11.5. The first-order valence-corrected chi connectivity index (χ1v) is 7.40. The zero-order valence-corrected chi connectivity index (χ0v) is 11.5. The normalized spacial score (nSPS) is 29.9. The molecule has 6 heteroatoms. The topological polar surface area (TPSA) is 75.1 Å². The van der Waals surface area contributed by atoms with Gasteiger partial charge in [0.05, 0.1) is 0 Å². The van der Waals surface area contributed by atoms with E-state index < -0.39 is 0 Å². The van der Waals surface area contributed by atoms with Crippen molar-refractivity contribution in [1.82, 2.24) is 19.6 Å². The molecule has 2 heterocycles. The minimum Gasteiger partial charge on any atom is -0.367 e. The number of aromatic amines is 1. The Morgan fingerprint density at radius 2 is 2.35 bits per heavy atom. The van der Waals surface area contributed by atoms with Crippen molar-refractivity contribution in [2.45, 2.75) is 38.6 Å². The van der Waals surface area contributed by atoms with Crippen LogP contribution in [0.25, 0.3) is 5.65 Å². The second kappa shape index (κ2) is 4.33. The van der Waals surface area contributed by atoms with Gasteiger partial charge in [0, 0.05) is 12.1 Å². The van der Waals surface area contributed by atoms with Crippen LogP contribution in [0.4, 0.5) is 5.82 Å². The third kappa shape index (κ3) is 1.82. The van der Waals surface area contributed by atoms with Crippen molar-refractivity contribution in [3.05, 3.63) is 22.9 Å². The van der Waals surface area contributed by atoms with E-state index in [1.807, 2.05) is 6.07 Å². The summed E-state index contributed by atoms with van der Waals surface area (Å²) in [7, 11) is 0. The van der Waals surface area contributed by atoms with Gasteiger partial charge in [-0.1, -0.05) is 6.42 Å². The molecule has 20 heavy (non-hydrogen) atoms. The molecule has 2 aromatic heterocycles. The van der Waals surface area contributed by atoms with Crippen molar-refractivity contribution in [3.63, 3.8) is 0 Å². The summed E-state index contributed by atoms with van der Waals surface area (Å²) in [6, 6.07) is 2.24. The van der Waals surface area contributed by atoms with Gasteiger partial charge in [-0.15, -0.1) is 0 Å². The summed E-state index contributed by atoms with van der Waals surface area (Å²) in [6.45, 7) is 2.24. The van der Waals surface area contributed by atoms with Crippen LogP contribution < -0.4 is 11.0 Å². The molecule has 0 amide bonds. The molecule has 2 N–H and O–H groups in total. The molecule has 6 nitrogen and oxygen atoms in total. The highest BCUT2D eigenvalue weighted by Crippen LogP contribution is 2.49. The van der Waals surface area contributed by atoms with Gasteiger partial charge in [-0.2, -0.15) is 5.10 Å². The van der Waals surface area contributed by atoms with Crippen LogP contribution in [0.5, 0.6) is 0 Å². The lowest BCUT2D eigenvalue weighted by Crippen LogP contribution is -2.30. The molecule has 4 atom stereocenters. The molecule has 2 saturated carbocycles. The Bertz CT molecular complexity index is 690. The van der Waals surface area contributed by atoms with Gasteiger partial charge in [0.15, 0.2) is 5.65 Å². The van der Waals surface area contributed by atoms with E-state index in [4.69, 9.17) is 0 Å². The quantitative estimate of drug-likeness (QED) is 0.891. The van der Waals surface area contributed by atoms with Gasteiger partial charge in [0.1, 0.15) is 12.1 Å². The van der Waals surface area contributed by atoms with Crippen LogP contribution in [0, 0.1) is 17.8 Å². The molecule has 2 fully saturated rings. The smallest absolute Gasteiger partial charge is 0.348 e. The molecule has 2 aliphatic carbocycles. The van der Waals surface area contributed by atoms with E-state index in [1.165, 1.54) is 36.4 Å². The molecule has 106 valence electrons. The zero-order chi connectivity index (χ0) is 13.7. The maximum absolute atomic E-state index is 11.4. The van der Waals surface area contributed by atoms with Gasteiger partial charge in [-0.25, -0.2) is 19.3 Å². The largest absolute Gasteiger partial charge is 0.367 e. The SMILES string of the molecule is CC(Nc1cc2n[nH]c(=O)n2cn1)C1CC2CCC1C2. The van der Waals surface area contributed by atoms with E-state index in [1.54, 1.807) is 0 Å². The molecule has 2 aliphatic rings. The number of H-pyrrole nitrogens is 1. The molecular weight excluding hydrogens is 254 g/mol. The summed E-state index contributed by atoms with van der Waals surface area (Å²) >= 11 is 0. The molecule has 0 aromatic carbocycles. The second-order valence-corrected chi connectivity index (χ2v) is 6.30. The highest BCUT2D eigenvalue weighted by Gasteiger charge is 2.41. The van der Waals surface area contributed by atoms with Gasteiger partial charge in [0.2, 0.25) is 0 Å². The van der Waals surface area contributed by atoms with Crippen LogP contribution in [-0.4, -0.2) is 25.6 Å². The van der Waals surface area contributed by atoms with Crippen LogP contribution >= 0.6 is 0 Å². The molecule has 0 spiro atoms. The second-order valence-electron chi connectivity index (χ2n) is 6.30. The number of fused-ring (bicyclic) bond motifs is 3. The first kappa shape index (κ1) is 11.9. The maximum Gasteiger partial charge on any atom is 0.348 e. The number of hydrogen-bond donors (Lipinski definition) is 2. The Balaban J connectivity index is 1.53. The fourth-order valence-corrected chi connectivity index (χ4v) is 4.14. The highest BCUT2D eigenvalue weighted by atomic mass is 16.1. The van der Waals surface area contributed by atoms with E-state index in [0.717, 1.165) is 23.6 Å². The highest BCUT2D eigenvalue weighted by molar-refractivity contribution is 5.48. The fourth-order valence-electron chi connectivity index (χ4n) is 4.14. The summed E-state index contributed by atoms with van der Waals surface area (Å²) in [6.07, 6.45) is 7.11. The lowest BCUT2D eigenvalue weighted by Gasteiger charge is -2.28. The van der Waals surface area contributed by atoms with Crippen molar-refractivity contribution in [2.75, 3.05) is 5.32 Å². The van der Waals surface area contributed by atoms with Crippen LogP contribution in [0.3, 0.4) is 0 Å². The Kier molecular flexibility index (Phi) is 2.58. The summed E-state index contributed by atoms with van der Waals surface area (Å²) in [5.74, 6) is 3.40. The van der Waals surface area contributed by atoms with Gasteiger partial charge >= 0.3 is 5.69 Å². The molecule has 4 unspecified atom stereocenters. The number of hydrogen-bond acceptors (Lipinski definition) is 4. The van der Waals surface area contributed by atoms with E-state index in [0.29, 0.717) is 11.7 Å². The number of nitrogens with zero attached hydrogens (tertiary/aromatic N) is 3. The molecule has 2 aromatic rings. The van der Waals surface area contributed by atoms with Crippen molar-refractivity contribution < 1.29 is 0 Å². The Morgan fingerprint density at radius 1 is 1.45 bits per heavy atom. The molecule has 4 rings (SSSR count). The van der Waals surface area contributed by atoms with Crippen LogP contribution in [0.2, 0.25) is 0 Å². The molecule has 0 aliphatic heterocycles. The fraction of sp³-hybridized carbons (Fsp3) is 0.643. The number of aromatic nitrogens is 4. The number of anilines is 1. The molecule has 2 bridgehead atoms. The van der Waals surface area contributed by atoms with Gasteiger partial charge in [0.25, 0.3) is 0 Å². The summed E-state index contributed by atoms with van der Waals surface area (Å²) in [5.41, 5.74) is 0.354. The number of nitrogens with one attached hydrogen (secondary N) is 2. The standard InChI is InChI=1S/C14H19N5O/c1-8(11-5-9-2-3-10(11)4-9)16-12-6-13-17-18-14(20)19(13)7-15-12/h6-11,16H,2-5H2,1H3,(H,18,20). The predicted molar refractivity (Wildman–Crippen MR) is 75.6 cm³/mol. The van der Waals surface area contributed by atoms with Gasteiger partial charge in [-0.3, -0.25) is 0 Å². The van der Waals surface area contributed by atoms with Gasteiger partial charge in [-0.05, 0) is 43.9 Å². The van der Waals surface area contributed by atoms with Crippen LogP contribution in [0.15, 0.2) is 17.2 Å². The van der Waals surface area contributed by atoms with E-state index >= 15 is 0 Å². The van der Waals surface area contributed by atoms with Crippen LogP contribution in [0.1, 0.15) is 32.6 Å². The molecule has 0 saturated heterocycles. The Labute approximate surface area is 116 Å². The summed E-state index contributed by atoms with van der Waals surface area (Å²) in [4.78, 5) is 15.7. The predicted octanol–water partition coefficient (Wildman–Crippen LogP) is 1.65. The minimum absolute atomic E-state index is 0.250. The Hall–Kier alpha value is -1.85. The number of rotatable bonds is 3. The van der Waals surface area contributed by atoms with E-state index in [-0.39, 0.29) is 5.69 Å². The van der Waals surface area contributed by atoms with Crippen LogP contribution in [-0.2, 0) is 0 Å². The Morgan fingerprint density at radius 3 is 3.10 bits per heavy atom. The monoisotopic (exact) mass is 273 g/mol. The van der Waals surface area contributed by atoms with Crippen molar-refractivity contribution in [2.24, 2.45) is 17.8 Å². The van der Waals surface area contributed by atoms with Gasteiger partial charge < -0.3 is 5.32 Å². The molecular formula is C14H19N5O. The average molecular weight is 273 g/mol. The lowest BCUT2D eigenvalue weighted by molar-refractivity contribution is 0.304. The van der Waals surface area contributed by atoms with E-state index in [2.05, 4.69) is 27.4 Å². The van der Waals surface area contributed by atoms with Crippen molar-refractivity contribution >= 4 is 11.5 Å². The summed E-state index contributed by atoms with van der Waals surface area (Å²) in [5, 5.41) is 9.88. The average Bonchev–Trinajstić information content (AvgIpc) is 3.14. The maximum atomic E-state index is 11.4. The third-order valence-electron chi connectivity index (χ3n) is 5.12. The van der Waals surface area contributed by atoms with E-state index in [9.17, 15) is 4.79 Å². The van der Waals surface area contributed by atoms with Crippen molar-refractivity contribution in [1.29, 1.82) is 0 Å². The lowest BCUT2D eigenvalue weighted by atomic mass is 9.84. The van der Waals surface area contributed by atoms with Crippen molar-refractivity contribution in [3.8, 4) is 0 Å². The molecule has 0 radical (unpaired) electrons. The third-order valence-corrected chi connectivity index (χ3v) is 5.12. The summed E-state index contributed by atoms with van der Waals surface area (Å²) < 4.78 is 1.41. The first-order valence-electron chi connectivity index (χ1n) is 7.40. The minimum atomic E-state index is -0.250. The first-order chi connectivity index (χ1) is 9.70.